The monoisotopic (exact) mass is 308 g/mol. The van der Waals surface area contributed by atoms with Gasteiger partial charge >= 0.3 is 0 Å². The maximum Gasteiger partial charge on any atom is 0.225 e. The Morgan fingerprint density at radius 3 is 2.10 bits per heavy atom. The first kappa shape index (κ1) is 13.5. The highest BCUT2D eigenvalue weighted by Crippen LogP contribution is 2.26. The van der Waals surface area contributed by atoms with E-state index in [4.69, 9.17) is 23.2 Å². The van der Waals surface area contributed by atoms with Crippen molar-refractivity contribution in [1.82, 2.24) is 9.97 Å². The van der Waals surface area contributed by atoms with Crippen LogP contribution in [0.15, 0.2) is 36.7 Å². The van der Waals surface area contributed by atoms with Gasteiger partial charge in [0.25, 0.3) is 0 Å². The standard InChI is InChI=1S/C14H14Cl2N4/c15-11-9-17-14(18-10-11)20-7-5-19(6-8-20)13-4-2-1-3-12(13)16/h1-4,9-10H,5-8H2. The second kappa shape index (κ2) is 5.85. The van der Waals surface area contributed by atoms with Gasteiger partial charge in [-0.3, -0.25) is 0 Å². The molecule has 3 rings (SSSR count). The van der Waals surface area contributed by atoms with Gasteiger partial charge in [-0.15, -0.1) is 0 Å². The Morgan fingerprint density at radius 1 is 0.850 bits per heavy atom. The molecule has 104 valence electrons. The van der Waals surface area contributed by atoms with Crippen molar-refractivity contribution in [2.45, 2.75) is 0 Å². The number of aromatic nitrogens is 2. The van der Waals surface area contributed by atoms with Crippen LogP contribution in [0, 0.1) is 0 Å². The van der Waals surface area contributed by atoms with Crippen LogP contribution in [-0.4, -0.2) is 36.1 Å². The van der Waals surface area contributed by atoms with Gasteiger partial charge < -0.3 is 9.80 Å². The second-order valence-corrected chi connectivity index (χ2v) is 5.47. The highest BCUT2D eigenvalue weighted by molar-refractivity contribution is 6.33. The van der Waals surface area contributed by atoms with E-state index in [2.05, 4.69) is 25.8 Å². The summed E-state index contributed by atoms with van der Waals surface area (Å²) >= 11 is 12.0. The molecule has 0 spiro atoms. The molecule has 4 nitrogen and oxygen atoms in total. The molecular formula is C14H14Cl2N4. The molecule has 0 aliphatic carbocycles. The van der Waals surface area contributed by atoms with Gasteiger partial charge in [0.2, 0.25) is 5.95 Å². The number of piperazine rings is 1. The molecule has 2 heterocycles. The molecule has 1 aromatic heterocycles. The van der Waals surface area contributed by atoms with E-state index in [-0.39, 0.29) is 0 Å². The van der Waals surface area contributed by atoms with E-state index in [1.807, 2.05) is 18.2 Å². The fraction of sp³-hybridized carbons (Fsp3) is 0.286. The molecule has 1 fully saturated rings. The summed E-state index contributed by atoms with van der Waals surface area (Å²) in [6, 6.07) is 7.93. The Labute approximate surface area is 128 Å². The summed E-state index contributed by atoms with van der Waals surface area (Å²) in [5.41, 5.74) is 1.09. The summed E-state index contributed by atoms with van der Waals surface area (Å²) < 4.78 is 0. The summed E-state index contributed by atoms with van der Waals surface area (Å²) in [4.78, 5) is 13.0. The Morgan fingerprint density at radius 2 is 1.45 bits per heavy atom. The maximum atomic E-state index is 6.23. The molecule has 0 saturated carbocycles. The van der Waals surface area contributed by atoms with Gasteiger partial charge in [-0.2, -0.15) is 0 Å². The summed E-state index contributed by atoms with van der Waals surface area (Å²) in [7, 11) is 0. The number of nitrogens with zero attached hydrogens (tertiary/aromatic N) is 4. The van der Waals surface area contributed by atoms with Crippen molar-refractivity contribution in [3.8, 4) is 0 Å². The summed E-state index contributed by atoms with van der Waals surface area (Å²) in [6.45, 7) is 3.53. The zero-order chi connectivity index (χ0) is 13.9. The van der Waals surface area contributed by atoms with Gasteiger partial charge in [0.15, 0.2) is 0 Å². The summed E-state index contributed by atoms with van der Waals surface area (Å²) in [5, 5.41) is 1.35. The van der Waals surface area contributed by atoms with Crippen molar-refractivity contribution in [2.24, 2.45) is 0 Å². The molecule has 0 N–H and O–H groups in total. The predicted molar refractivity (Wildman–Crippen MR) is 82.9 cm³/mol. The second-order valence-electron chi connectivity index (χ2n) is 4.63. The zero-order valence-corrected chi connectivity index (χ0v) is 12.3. The van der Waals surface area contributed by atoms with Gasteiger partial charge in [0.05, 0.1) is 28.1 Å². The minimum absolute atomic E-state index is 0.559. The van der Waals surface area contributed by atoms with Crippen LogP contribution in [0.3, 0.4) is 0 Å². The molecule has 0 unspecified atom stereocenters. The Kier molecular flexibility index (Phi) is 3.94. The first-order valence-corrected chi connectivity index (χ1v) is 7.21. The number of anilines is 2. The van der Waals surface area contributed by atoms with E-state index in [9.17, 15) is 0 Å². The highest BCUT2D eigenvalue weighted by Gasteiger charge is 2.20. The van der Waals surface area contributed by atoms with Gasteiger partial charge in [0.1, 0.15) is 0 Å². The van der Waals surface area contributed by atoms with E-state index in [0.717, 1.165) is 42.8 Å². The highest BCUT2D eigenvalue weighted by atomic mass is 35.5. The third-order valence-corrected chi connectivity index (χ3v) is 3.88. The van der Waals surface area contributed by atoms with Crippen molar-refractivity contribution in [2.75, 3.05) is 36.0 Å². The van der Waals surface area contributed by atoms with Gasteiger partial charge in [0, 0.05) is 26.2 Å². The van der Waals surface area contributed by atoms with Crippen LogP contribution in [0.2, 0.25) is 10.0 Å². The van der Waals surface area contributed by atoms with Crippen LogP contribution in [-0.2, 0) is 0 Å². The zero-order valence-electron chi connectivity index (χ0n) is 10.8. The van der Waals surface area contributed by atoms with Crippen LogP contribution in [0.5, 0.6) is 0 Å². The lowest BCUT2D eigenvalue weighted by molar-refractivity contribution is 0.640. The minimum Gasteiger partial charge on any atom is -0.367 e. The molecule has 0 amide bonds. The minimum atomic E-state index is 0.559. The molecule has 6 heteroatoms. The maximum absolute atomic E-state index is 6.23. The topological polar surface area (TPSA) is 32.3 Å². The first-order chi connectivity index (χ1) is 9.74. The quantitative estimate of drug-likeness (QED) is 0.853. The molecule has 0 atom stereocenters. The summed E-state index contributed by atoms with van der Waals surface area (Å²) in [5.74, 6) is 0.730. The third kappa shape index (κ3) is 2.81. The van der Waals surface area contributed by atoms with Crippen LogP contribution in [0.4, 0.5) is 11.6 Å². The molecule has 20 heavy (non-hydrogen) atoms. The lowest BCUT2D eigenvalue weighted by atomic mass is 10.2. The smallest absolute Gasteiger partial charge is 0.225 e. The van der Waals surface area contributed by atoms with Gasteiger partial charge in [-0.05, 0) is 12.1 Å². The molecule has 2 aromatic rings. The number of rotatable bonds is 2. The van der Waals surface area contributed by atoms with E-state index < -0.39 is 0 Å². The number of hydrogen-bond donors (Lipinski definition) is 0. The molecular weight excluding hydrogens is 295 g/mol. The average Bonchev–Trinajstić information content (AvgIpc) is 2.49. The fourth-order valence-corrected chi connectivity index (χ4v) is 2.68. The van der Waals surface area contributed by atoms with Crippen molar-refractivity contribution in [1.29, 1.82) is 0 Å². The lowest BCUT2D eigenvalue weighted by Crippen LogP contribution is -2.47. The van der Waals surface area contributed by atoms with Crippen molar-refractivity contribution in [3.05, 3.63) is 46.7 Å². The Bertz CT molecular complexity index is 580. The van der Waals surface area contributed by atoms with Crippen LogP contribution in [0.1, 0.15) is 0 Å². The molecule has 1 saturated heterocycles. The van der Waals surface area contributed by atoms with Crippen molar-refractivity contribution >= 4 is 34.8 Å². The fourth-order valence-electron chi connectivity index (χ4n) is 2.32. The van der Waals surface area contributed by atoms with Crippen LogP contribution < -0.4 is 9.80 Å². The van der Waals surface area contributed by atoms with Crippen LogP contribution in [0.25, 0.3) is 0 Å². The number of benzene rings is 1. The van der Waals surface area contributed by atoms with Crippen LogP contribution >= 0.6 is 23.2 Å². The molecule has 1 aliphatic rings. The largest absolute Gasteiger partial charge is 0.367 e. The van der Waals surface area contributed by atoms with E-state index in [0.29, 0.717) is 5.02 Å². The lowest BCUT2D eigenvalue weighted by Gasteiger charge is -2.36. The number of para-hydroxylation sites is 1. The Hall–Kier alpha value is -1.52. The Balaban J connectivity index is 1.68. The molecule has 1 aromatic carbocycles. The normalized spacial score (nSPS) is 15.5. The third-order valence-electron chi connectivity index (χ3n) is 3.36. The van der Waals surface area contributed by atoms with E-state index >= 15 is 0 Å². The molecule has 0 radical (unpaired) electrons. The summed E-state index contributed by atoms with van der Waals surface area (Å²) in [6.07, 6.45) is 3.26. The van der Waals surface area contributed by atoms with Crippen molar-refractivity contribution < 1.29 is 0 Å². The predicted octanol–water partition coefficient (Wildman–Crippen LogP) is 3.11. The first-order valence-electron chi connectivity index (χ1n) is 6.46. The van der Waals surface area contributed by atoms with E-state index in [1.165, 1.54) is 0 Å². The average molecular weight is 309 g/mol. The SMILES string of the molecule is Clc1cnc(N2CCN(c3ccccc3Cl)CC2)nc1. The number of halogens is 2. The van der Waals surface area contributed by atoms with Gasteiger partial charge in [-0.1, -0.05) is 35.3 Å². The molecule has 0 bridgehead atoms. The van der Waals surface area contributed by atoms with Gasteiger partial charge in [-0.25, -0.2) is 9.97 Å². The number of hydrogen-bond acceptors (Lipinski definition) is 4. The van der Waals surface area contributed by atoms with Crippen molar-refractivity contribution in [3.63, 3.8) is 0 Å². The van der Waals surface area contributed by atoms with E-state index in [1.54, 1.807) is 12.4 Å². The molecule has 1 aliphatic heterocycles.